The van der Waals surface area contributed by atoms with E-state index in [0.29, 0.717) is 0 Å². The molecule has 25 heavy (non-hydrogen) atoms. The van der Waals surface area contributed by atoms with E-state index in [9.17, 15) is 0 Å². The third kappa shape index (κ3) is 3.53. The Morgan fingerprint density at radius 1 is 0.880 bits per heavy atom. The van der Waals surface area contributed by atoms with E-state index in [4.69, 9.17) is 4.84 Å². The van der Waals surface area contributed by atoms with Gasteiger partial charge in [0, 0.05) is 17.7 Å². The van der Waals surface area contributed by atoms with Gasteiger partial charge in [-0.15, -0.1) is 0 Å². The van der Waals surface area contributed by atoms with Gasteiger partial charge < -0.3 is 4.84 Å². The second-order valence-corrected chi connectivity index (χ2v) is 5.61. The van der Waals surface area contributed by atoms with Gasteiger partial charge in [0.25, 0.3) is 0 Å². The van der Waals surface area contributed by atoms with E-state index in [-0.39, 0.29) is 0 Å². The molecular weight excluding hydrogens is 310 g/mol. The molecule has 0 unspecified atom stereocenters. The summed E-state index contributed by atoms with van der Waals surface area (Å²) in [5, 5.41) is 5.48. The summed E-state index contributed by atoms with van der Waals surface area (Å²) in [4.78, 5) is 5.67. The summed E-state index contributed by atoms with van der Waals surface area (Å²) < 4.78 is 1.84. The number of anilines is 1. The number of hydrogen-bond donors (Lipinski definition) is 1. The monoisotopic (exact) mass is 327 g/mol. The molecule has 4 heteroatoms. The number of para-hydroxylation sites is 1. The van der Waals surface area contributed by atoms with E-state index in [1.54, 1.807) is 0 Å². The quantitative estimate of drug-likeness (QED) is 0.520. The molecule has 0 atom stereocenters. The molecule has 0 saturated heterocycles. The summed E-state index contributed by atoms with van der Waals surface area (Å²) in [5.74, 6) is 0.728. The van der Waals surface area contributed by atoms with Gasteiger partial charge >= 0.3 is 0 Å². The van der Waals surface area contributed by atoms with E-state index in [1.807, 2.05) is 89.9 Å². The molecule has 0 aliphatic carbocycles. The van der Waals surface area contributed by atoms with Crippen LogP contribution in [0.15, 0.2) is 85.1 Å². The highest BCUT2D eigenvalue weighted by Crippen LogP contribution is 2.22. The standard InChI is InChI=1S/C21H17N3O/c1-3-7-17(8-4-1)13-14-24-21-15-20(12-11-18(21)16-22-24)25-23-19-9-5-2-6-10-19/h1-16,23H/b14-13+. The highest BCUT2D eigenvalue weighted by molar-refractivity contribution is 5.83. The topological polar surface area (TPSA) is 39.1 Å². The molecule has 1 N–H and O–H groups in total. The van der Waals surface area contributed by atoms with E-state index >= 15 is 0 Å². The van der Waals surface area contributed by atoms with Crippen molar-refractivity contribution in [1.82, 2.24) is 9.78 Å². The van der Waals surface area contributed by atoms with Crippen molar-refractivity contribution in [1.29, 1.82) is 0 Å². The van der Waals surface area contributed by atoms with Crippen LogP contribution in [-0.4, -0.2) is 9.78 Å². The van der Waals surface area contributed by atoms with Gasteiger partial charge in [-0.3, -0.25) is 0 Å². The molecule has 4 aromatic rings. The van der Waals surface area contributed by atoms with E-state index in [1.165, 1.54) is 0 Å². The lowest BCUT2D eigenvalue weighted by Crippen LogP contribution is -2.04. The minimum absolute atomic E-state index is 0.728. The van der Waals surface area contributed by atoms with Gasteiger partial charge in [0.2, 0.25) is 0 Å². The lowest BCUT2D eigenvalue weighted by molar-refractivity contribution is 0.405. The Bertz CT molecular complexity index is 992. The largest absolute Gasteiger partial charge is 0.382 e. The van der Waals surface area contributed by atoms with Gasteiger partial charge in [-0.25, -0.2) is 10.2 Å². The third-order valence-electron chi connectivity index (χ3n) is 3.84. The number of aromatic nitrogens is 2. The second kappa shape index (κ2) is 6.93. The van der Waals surface area contributed by atoms with Crippen molar-refractivity contribution < 1.29 is 4.84 Å². The number of hydrogen-bond acceptors (Lipinski definition) is 3. The minimum atomic E-state index is 0.728. The first-order valence-electron chi connectivity index (χ1n) is 8.07. The Balaban J connectivity index is 1.56. The predicted octanol–water partition coefficient (Wildman–Crippen LogP) is 5.07. The van der Waals surface area contributed by atoms with Crippen LogP contribution in [0.25, 0.3) is 23.2 Å². The Hall–Kier alpha value is -3.53. The van der Waals surface area contributed by atoms with Crippen LogP contribution in [0.3, 0.4) is 0 Å². The number of fused-ring (bicyclic) bond motifs is 1. The average molecular weight is 327 g/mol. The van der Waals surface area contributed by atoms with Crippen molar-refractivity contribution in [2.75, 3.05) is 5.48 Å². The van der Waals surface area contributed by atoms with Crippen LogP contribution < -0.4 is 10.3 Å². The van der Waals surface area contributed by atoms with Crippen LogP contribution in [0.1, 0.15) is 5.56 Å². The fourth-order valence-electron chi connectivity index (χ4n) is 2.54. The summed E-state index contributed by atoms with van der Waals surface area (Å²) in [6, 6.07) is 25.8. The summed E-state index contributed by atoms with van der Waals surface area (Å²) in [7, 11) is 0. The Kier molecular flexibility index (Phi) is 4.16. The zero-order valence-electron chi connectivity index (χ0n) is 13.5. The molecule has 0 spiro atoms. The molecule has 0 amide bonds. The summed E-state index contributed by atoms with van der Waals surface area (Å²) in [6.45, 7) is 0. The highest BCUT2D eigenvalue weighted by atomic mass is 16.6. The molecule has 0 fully saturated rings. The van der Waals surface area contributed by atoms with Gasteiger partial charge in [0.15, 0.2) is 5.75 Å². The molecular formula is C21H17N3O. The summed E-state index contributed by atoms with van der Waals surface area (Å²) >= 11 is 0. The zero-order chi connectivity index (χ0) is 16.9. The van der Waals surface area contributed by atoms with Gasteiger partial charge in [0.1, 0.15) is 0 Å². The van der Waals surface area contributed by atoms with Crippen LogP contribution in [0, 0.1) is 0 Å². The molecule has 1 heterocycles. The molecule has 0 saturated carbocycles. The Morgan fingerprint density at radius 3 is 2.44 bits per heavy atom. The molecule has 0 aliphatic heterocycles. The zero-order valence-corrected chi connectivity index (χ0v) is 13.5. The van der Waals surface area contributed by atoms with Gasteiger partial charge in [-0.2, -0.15) is 5.10 Å². The lowest BCUT2D eigenvalue weighted by atomic mass is 10.2. The maximum absolute atomic E-state index is 5.67. The van der Waals surface area contributed by atoms with Crippen molar-refractivity contribution in [2.45, 2.75) is 0 Å². The minimum Gasteiger partial charge on any atom is -0.382 e. The number of rotatable bonds is 5. The van der Waals surface area contributed by atoms with Gasteiger partial charge in [0.05, 0.1) is 17.4 Å². The lowest BCUT2D eigenvalue weighted by Gasteiger charge is -2.08. The smallest absolute Gasteiger partial charge is 0.157 e. The van der Waals surface area contributed by atoms with Crippen molar-refractivity contribution in [3.8, 4) is 5.75 Å². The maximum Gasteiger partial charge on any atom is 0.157 e. The first-order chi connectivity index (χ1) is 12.4. The first kappa shape index (κ1) is 15.0. The fraction of sp³-hybridized carbons (Fsp3) is 0. The van der Waals surface area contributed by atoms with Crippen LogP contribution in [0.5, 0.6) is 5.75 Å². The molecule has 1 aromatic heterocycles. The van der Waals surface area contributed by atoms with Gasteiger partial charge in [-0.1, -0.05) is 48.5 Å². The van der Waals surface area contributed by atoms with Crippen LogP contribution in [-0.2, 0) is 0 Å². The van der Waals surface area contributed by atoms with Crippen molar-refractivity contribution >= 4 is 28.9 Å². The van der Waals surface area contributed by atoms with Crippen molar-refractivity contribution in [3.63, 3.8) is 0 Å². The number of nitrogens with one attached hydrogen (secondary N) is 1. The number of nitrogens with zero attached hydrogens (tertiary/aromatic N) is 2. The van der Waals surface area contributed by atoms with Gasteiger partial charge in [-0.05, 0) is 35.9 Å². The first-order valence-corrected chi connectivity index (χ1v) is 8.07. The normalized spacial score (nSPS) is 11.0. The third-order valence-corrected chi connectivity index (χ3v) is 3.84. The second-order valence-electron chi connectivity index (χ2n) is 5.61. The molecule has 0 radical (unpaired) electrons. The van der Waals surface area contributed by atoms with E-state index in [0.717, 1.165) is 27.9 Å². The molecule has 0 aliphatic rings. The molecule has 4 rings (SSSR count). The molecule has 122 valence electrons. The summed E-state index contributed by atoms with van der Waals surface area (Å²) in [6.07, 6.45) is 5.83. The molecule has 0 bridgehead atoms. The number of benzene rings is 3. The molecule has 3 aromatic carbocycles. The fourth-order valence-corrected chi connectivity index (χ4v) is 2.54. The van der Waals surface area contributed by atoms with Crippen molar-refractivity contribution in [2.24, 2.45) is 0 Å². The average Bonchev–Trinajstić information content (AvgIpc) is 3.09. The summed E-state index contributed by atoms with van der Waals surface area (Å²) in [5.41, 5.74) is 5.96. The van der Waals surface area contributed by atoms with E-state index < -0.39 is 0 Å². The molecule has 4 nitrogen and oxygen atoms in total. The predicted molar refractivity (Wildman–Crippen MR) is 102 cm³/mol. The SMILES string of the molecule is C(=C\n1ncc2ccc(ONc3ccccc3)cc21)/c1ccccc1. The van der Waals surface area contributed by atoms with Crippen molar-refractivity contribution in [3.05, 3.63) is 90.6 Å². The maximum atomic E-state index is 5.67. The highest BCUT2D eigenvalue weighted by Gasteiger charge is 2.03. The Labute approximate surface area is 145 Å². The van der Waals surface area contributed by atoms with Crippen LogP contribution >= 0.6 is 0 Å². The van der Waals surface area contributed by atoms with Crippen LogP contribution in [0.4, 0.5) is 5.69 Å². The van der Waals surface area contributed by atoms with Crippen LogP contribution in [0.2, 0.25) is 0 Å². The van der Waals surface area contributed by atoms with E-state index in [2.05, 4.69) is 22.7 Å². The Morgan fingerprint density at radius 2 is 1.64 bits per heavy atom.